The second-order valence-corrected chi connectivity index (χ2v) is 8.20. The average molecular weight is 309 g/mol. The van der Waals surface area contributed by atoms with Gasteiger partial charge >= 0.3 is 0 Å². The van der Waals surface area contributed by atoms with Crippen molar-refractivity contribution in [3.8, 4) is 0 Å². The first-order valence-corrected chi connectivity index (χ1v) is 8.76. The summed E-state index contributed by atoms with van der Waals surface area (Å²) < 4.78 is 33.0. The van der Waals surface area contributed by atoms with Crippen LogP contribution in [0.5, 0.6) is 0 Å². The van der Waals surface area contributed by atoms with Crippen LogP contribution in [0.4, 0.5) is 0 Å². The standard InChI is InChI=1S/C13H27NO5S/c1-10-8-11(19-20(5,16)17)6-7-14(9-10)12(15)18-13(2,3)4/h10-12,15H,6-9H2,1-5H3. The first kappa shape index (κ1) is 17.8. The smallest absolute Gasteiger partial charge is 0.264 e. The van der Waals surface area contributed by atoms with Crippen LogP contribution in [0.3, 0.4) is 0 Å². The molecule has 1 saturated heterocycles. The van der Waals surface area contributed by atoms with Gasteiger partial charge in [0.15, 0.2) is 0 Å². The fraction of sp³-hybridized carbons (Fsp3) is 1.00. The first-order chi connectivity index (χ1) is 8.96. The van der Waals surface area contributed by atoms with Gasteiger partial charge in [-0.05, 0) is 39.5 Å². The minimum Gasteiger partial charge on any atom is -0.356 e. The van der Waals surface area contributed by atoms with Crippen molar-refractivity contribution in [3.05, 3.63) is 0 Å². The predicted molar refractivity (Wildman–Crippen MR) is 76.5 cm³/mol. The second-order valence-electron chi connectivity index (χ2n) is 6.60. The number of aliphatic hydroxyl groups excluding tert-OH is 1. The lowest BCUT2D eigenvalue weighted by atomic mass is 10.0. The van der Waals surface area contributed by atoms with Crippen LogP contribution < -0.4 is 0 Å². The Morgan fingerprint density at radius 2 is 1.95 bits per heavy atom. The summed E-state index contributed by atoms with van der Waals surface area (Å²) in [7, 11) is -3.44. The SMILES string of the molecule is CC1CC(OS(C)(=O)=O)CCN(C(O)OC(C)(C)C)C1. The van der Waals surface area contributed by atoms with Crippen LogP contribution in [0.15, 0.2) is 0 Å². The Morgan fingerprint density at radius 1 is 1.35 bits per heavy atom. The fourth-order valence-electron chi connectivity index (χ4n) is 2.37. The van der Waals surface area contributed by atoms with Crippen LogP contribution in [0.25, 0.3) is 0 Å². The largest absolute Gasteiger partial charge is 0.356 e. The van der Waals surface area contributed by atoms with Gasteiger partial charge in [-0.3, -0.25) is 9.08 Å². The number of likely N-dealkylation sites (tertiary alicyclic amines) is 1. The minimum atomic E-state index is -3.44. The van der Waals surface area contributed by atoms with Gasteiger partial charge in [0.25, 0.3) is 10.1 Å². The van der Waals surface area contributed by atoms with Crippen LogP contribution in [-0.2, 0) is 19.0 Å². The molecule has 0 aliphatic carbocycles. The summed E-state index contributed by atoms with van der Waals surface area (Å²) in [6.07, 6.45) is 0.979. The summed E-state index contributed by atoms with van der Waals surface area (Å²) in [4.78, 5) is 1.82. The van der Waals surface area contributed by atoms with E-state index >= 15 is 0 Å². The molecule has 7 heteroatoms. The van der Waals surface area contributed by atoms with Crippen molar-refractivity contribution in [1.29, 1.82) is 0 Å². The molecule has 0 radical (unpaired) electrons. The van der Waals surface area contributed by atoms with E-state index in [9.17, 15) is 13.5 Å². The number of hydrogen-bond donors (Lipinski definition) is 1. The van der Waals surface area contributed by atoms with Crippen LogP contribution >= 0.6 is 0 Å². The highest BCUT2D eigenvalue weighted by atomic mass is 32.2. The van der Waals surface area contributed by atoms with E-state index in [0.29, 0.717) is 25.9 Å². The lowest BCUT2D eigenvalue weighted by Gasteiger charge is -2.32. The van der Waals surface area contributed by atoms with E-state index < -0.39 is 22.1 Å². The maximum atomic E-state index is 11.2. The molecule has 0 amide bonds. The normalized spacial score (nSPS) is 28.1. The molecule has 1 fully saturated rings. The Balaban J connectivity index is 2.62. The van der Waals surface area contributed by atoms with Gasteiger partial charge in [0.05, 0.1) is 18.0 Å². The van der Waals surface area contributed by atoms with Gasteiger partial charge < -0.3 is 9.84 Å². The van der Waals surface area contributed by atoms with E-state index in [2.05, 4.69) is 0 Å². The van der Waals surface area contributed by atoms with Crippen molar-refractivity contribution in [3.63, 3.8) is 0 Å². The molecule has 120 valence electrons. The molecule has 3 unspecified atom stereocenters. The summed E-state index contributed by atoms with van der Waals surface area (Å²) in [6.45, 7) is 8.86. The molecule has 20 heavy (non-hydrogen) atoms. The Hall–Kier alpha value is -0.210. The lowest BCUT2D eigenvalue weighted by molar-refractivity contribution is -0.240. The molecular formula is C13H27NO5S. The molecule has 1 rings (SSSR count). The Morgan fingerprint density at radius 3 is 2.45 bits per heavy atom. The predicted octanol–water partition coefficient (Wildman–Crippen LogP) is 1.15. The van der Waals surface area contributed by atoms with E-state index in [0.717, 1.165) is 6.26 Å². The lowest BCUT2D eigenvalue weighted by Crippen LogP contribution is -2.43. The number of hydrogen-bond acceptors (Lipinski definition) is 6. The molecule has 0 aromatic carbocycles. The zero-order valence-corrected chi connectivity index (χ0v) is 13.8. The van der Waals surface area contributed by atoms with E-state index in [1.54, 1.807) is 0 Å². The summed E-state index contributed by atoms with van der Waals surface area (Å²) in [5.41, 5.74) is -0.433. The van der Waals surface area contributed by atoms with Crippen LogP contribution in [0.2, 0.25) is 0 Å². The molecule has 0 aromatic rings. The number of nitrogens with zero attached hydrogens (tertiary/aromatic N) is 1. The molecule has 0 aromatic heterocycles. The fourth-order valence-corrected chi connectivity index (χ4v) is 3.04. The zero-order valence-electron chi connectivity index (χ0n) is 13.0. The van der Waals surface area contributed by atoms with E-state index in [1.807, 2.05) is 32.6 Å². The molecule has 1 heterocycles. The third kappa shape index (κ3) is 6.99. The van der Waals surface area contributed by atoms with Gasteiger partial charge in [-0.25, -0.2) is 0 Å². The molecule has 6 nitrogen and oxygen atoms in total. The van der Waals surface area contributed by atoms with Gasteiger partial charge in [0, 0.05) is 13.1 Å². The summed E-state index contributed by atoms with van der Waals surface area (Å²) in [5.74, 6) is 0.225. The van der Waals surface area contributed by atoms with Gasteiger partial charge in [0.2, 0.25) is 6.41 Å². The monoisotopic (exact) mass is 309 g/mol. The number of rotatable bonds is 4. The van der Waals surface area contributed by atoms with Crippen molar-refractivity contribution in [2.24, 2.45) is 5.92 Å². The third-order valence-corrected chi connectivity index (χ3v) is 3.65. The first-order valence-electron chi connectivity index (χ1n) is 6.94. The van der Waals surface area contributed by atoms with Crippen LogP contribution in [0.1, 0.15) is 40.5 Å². The minimum absolute atomic E-state index is 0.225. The van der Waals surface area contributed by atoms with Gasteiger partial charge in [0.1, 0.15) is 0 Å². The van der Waals surface area contributed by atoms with E-state index in [-0.39, 0.29) is 12.0 Å². The second kappa shape index (κ2) is 6.70. The summed E-state index contributed by atoms with van der Waals surface area (Å²) in [5, 5.41) is 10.1. The van der Waals surface area contributed by atoms with Crippen molar-refractivity contribution in [2.75, 3.05) is 19.3 Å². The summed E-state index contributed by atoms with van der Waals surface area (Å²) in [6, 6.07) is 0. The Bertz CT molecular complexity index is 403. The molecule has 0 bridgehead atoms. The van der Waals surface area contributed by atoms with Gasteiger partial charge in [-0.2, -0.15) is 8.42 Å². The molecule has 3 atom stereocenters. The number of aliphatic hydroxyl groups is 1. The maximum Gasteiger partial charge on any atom is 0.264 e. The maximum absolute atomic E-state index is 11.2. The molecule has 0 saturated carbocycles. The quantitative estimate of drug-likeness (QED) is 0.620. The molecular weight excluding hydrogens is 282 g/mol. The zero-order chi connectivity index (χ0) is 15.6. The molecule has 0 spiro atoms. The van der Waals surface area contributed by atoms with Crippen molar-refractivity contribution >= 4 is 10.1 Å². The Labute approximate surface area is 122 Å². The molecule has 1 aliphatic rings. The molecule has 1 aliphatic heterocycles. The third-order valence-electron chi connectivity index (χ3n) is 3.03. The van der Waals surface area contributed by atoms with E-state index in [4.69, 9.17) is 8.92 Å². The summed E-state index contributed by atoms with van der Waals surface area (Å²) >= 11 is 0. The Kier molecular flexibility index (Phi) is 5.98. The van der Waals surface area contributed by atoms with E-state index in [1.165, 1.54) is 0 Å². The highest BCUT2D eigenvalue weighted by molar-refractivity contribution is 7.86. The average Bonchev–Trinajstić information content (AvgIpc) is 2.34. The van der Waals surface area contributed by atoms with Gasteiger partial charge in [-0.1, -0.05) is 6.92 Å². The van der Waals surface area contributed by atoms with Crippen molar-refractivity contribution in [2.45, 2.75) is 58.7 Å². The highest BCUT2D eigenvalue weighted by Gasteiger charge is 2.30. The van der Waals surface area contributed by atoms with Crippen molar-refractivity contribution < 1.29 is 22.4 Å². The highest BCUT2D eigenvalue weighted by Crippen LogP contribution is 2.23. The van der Waals surface area contributed by atoms with Crippen LogP contribution in [-0.4, -0.2) is 55.9 Å². The van der Waals surface area contributed by atoms with Crippen molar-refractivity contribution in [1.82, 2.24) is 4.90 Å². The van der Waals surface area contributed by atoms with Gasteiger partial charge in [-0.15, -0.1) is 0 Å². The topological polar surface area (TPSA) is 76.1 Å². The molecule has 1 N–H and O–H groups in total. The van der Waals surface area contributed by atoms with Crippen LogP contribution in [0, 0.1) is 5.92 Å². The number of ether oxygens (including phenoxy) is 1.